The third-order valence-electron chi connectivity index (χ3n) is 1.71. The lowest BCUT2D eigenvalue weighted by Crippen LogP contribution is -2.36. The molecule has 1 rings (SSSR count). The number of nitrogens with zero attached hydrogens (tertiary/aromatic N) is 2. The summed E-state index contributed by atoms with van der Waals surface area (Å²) in [5, 5.41) is 12.7. The van der Waals surface area contributed by atoms with Crippen molar-refractivity contribution < 1.29 is 9.83 Å². The molecule has 7 nitrogen and oxygen atoms in total. The van der Waals surface area contributed by atoms with E-state index in [1.165, 1.54) is 5.43 Å². The number of amides is 2. The fourth-order valence-corrected chi connectivity index (χ4v) is 0.986. The zero-order valence-electron chi connectivity index (χ0n) is 8.51. The summed E-state index contributed by atoms with van der Waals surface area (Å²) in [5.41, 5.74) is 4.80. The Morgan fingerprint density at radius 3 is 2.56 bits per heavy atom. The molecule has 1 aromatic rings. The first-order valence-corrected chi connectivity index (χ1v) is 4.40. The van der Waals surface area contributed by atoms with Gasteiger partial charge in [0.15, 0.2) is 5.03 Å². The number of rotatable bonds is 3. The average Bonchev–Trinajstić information content (AvgIpc) is 2.26. The zero-order chi connectivity index (χ0) is 12.0. The van der Waals surface area contributed by atoms with Gasteiger partial charge in [0.25, 0.3) is 0 Å². The lowest BCUT2D eigenvalue weighted by Gasteiger charge is -2.00. The number of carbonyl (C=O) groups is 1. The van der Waals surface area contributed by atoms with E-state index in [0.29, 0.717) is 5.71 Å². The van der Waals surface area contributed by atoms with Crippen LogP contribution in [0.3, 0.4) is 0 Å². The number of benzene rings is 1. The van der Waals surface area contributed by atoms with Crippen LogP contribution < -0.4 is 10.9 Å². The second kappa shape index (κ2) is 5.44. The molecule has 0 saturated heterocycles. The van der Waals surface area contributed by atoms with E-state index in [4.69, 9.17) is 0 Å². The van der Waals surface area contributed by atoms with E-state index in [0.717, 1.165) is 5.56 Å². The van der Waals surface area contributed by atoms with E-state index >= 15 is 0 Å². The van der Waals surface area contributed by atoms with E-state index in [1.54, 1.807) is 6.92 Å². The molecule has 1 aromatic carbocycles. The highest BCUT2D eigenvalue weighted by atomic mass is 16.7. The van der Waals surface area contributed by atoms with Crippen molar-refractivity contribution in [1.82, 2.24) is 10.9 Å². The third-order valence-corrected chi connectivity index (χ3v) is 1.71. The summed E-state index contributed by atoms with van der Waals surface area (Å²) in [5.74, 6) is 0. The fourth-order valence-electron chi connectivity index (χ4n) is 0.986. The van der Waals surface area contributed by atoms with E-state index < -0.39 is 11.1 Å². The molecule has 2 N–H and O–H groups in total. The van der Waals surface area contributed by atoms with Crippen molar-refractivity contribution in [2.75, 3.05) is 0 Å². The molecule has 0 aromatic heterocycles. The first kappa shape index (κ1) is 11.6. The van der Waals surface area contributed by atoms with Crippen LogP contribution in [0.25, 0.3) is 0 Å². The van der Waals surface area contributed by atoms with Crippen LogP contribution in [0.4, 0.5) is 4.79 Å². The molecule has 0 atom stereocenters. The molecule has 0 spiro atoms. The maximum Gasteiger partial charge on any atom is 0.393 e. The highest BCUT2D eigenvalue weighted by Gasteiger charge is 2.05. The molecule has 0 aliphatic carbocycles. The summed E-state index contributed by atoms with van der Waals surface area (Å²) in [6, 6.07) is 8.14. The first-order valence-electron chi connectivity index (χ1n) is 4.40. The second-order valence-corrected chi connectivity index (χ2v) is 2.87. The maximum atomic E-state index is 10.8. The number of nitrogens with one attached hydrogen (secondary N) is 2. The van der Waals surface area contributed by atoms with Gasteiger partial charge in [-0.3, -0.25) is 0 Å². The maximum absolute atomic E-state index is 10.8. The fraction of sp³-hybridized carbons (Fsp3) is 0.111. The third kappa shape index (κ3) is 3.74. The standard InChI is InChI=1S/C9H10N4O3/c1-7(8-5-3-2-4-6-8)10-11-9(14)12-13(15)16/h2-6H,1H3,(H2,11,12,14)/b10-7+. The van der Waals surface area contributed by atoms with Crippen molar-refractivity contribution in [2.45, 2.75) is 6.92 Å². The van der Waals surface area contributed by atoms with Crippen molar-refractivity contribution in [3.8, 4) is 0 Å². The molecule has 0 radical (unpaired) electrons. The Morgan fingerprint density at radius 2 is 2.00 bits per heavy atom. The van der Waals surface area contributed by atoms with Crippen LogP contribution in [0, 0.1) is 10.1 Å². The van der Waals surface area contributed by atoms with Crippen molar-refractivity contribution in [3.63, 3.8) is 0 Å². The summed E-state index contributed by atoms with van der Waals surface area (Å²) in [6.45, 7) is 1.68. The van der Waals surface area contributed by atoms with Crippen LogP contribution in [0.1, 0.15) is 12.5 Å². The Balaban J connectivity index is 2.58. The van der Waals surface area contributed by atoms with Crippen LogP contribution in [-0.4, -0.2) is 16.8 Å². The van der Waals surface area contributed by atoms with Crippen molar-refractivity contribution in [3.05, 3.63) is 46.0 Å². The van der Waals surface area contributed by atoms with Crippen molar-refractivity contribution >= 4 is 11.7 Å². The minimum atomic E-state index is -0.986. The normalized spacial score (nSPS) is 10.7. The van der Waals surface area contributed by atoms with E-state index in [2.05, 4.69) is 5.10 Å². The average molecular weight is 222 g/mol. The van der Waals surface area contributed by atoms with Crippen LogP contribution >= 0.6 is 0 Å². The SMILES string of the molecule is C/C(=N\NC(=O)N[N+](=O)[O-])c1ccccc1. The minimum absolute atomic E-state index is 0.555. The monoisotopic (exact) mass is 222 g/mol. The molecule has 84 valence electrons. The van der Waals surface area contributed by atoms with Gasteiger partial charge in [0, 0.05) is 0 Å². The molecular weight excluding hydrogens is 212 g/mol. The van der Waals surface area contributed by atoms with E-state index in [-0.39, 0.29) is 0 Å². The van der Waals surface area contributed by atoms with Gasteiger partial charge >= 0.3 is 6.03 Å². The largest absolute Gasteiger partial charge is 0.393 e. The Hall–Kier alpha value is -2.44. The van der Waals surface area contributed by atoms with Crippen LogP contribution in [-0.2, 0) is 0 Å². The molecule has 0 saturated carbocycles. The molecule has 0 heterocycles. The predicted molar refractivity (Wildman–Crippen MR) is 57.3 cm³/mol. The highest BCUT2D eigenvalue weighted by Crippen LogP contribution is 1.99. The summed E-state index contributed by atoms with van der Waals surface area (Å²) in [6.07, 6.45) is 0. The summed E-state index contributed by atoms with van der Waals surface area (Å²) in [4.78, 5) is 20.7. The van der Waals surface area contributed by atoms with Gasteiger partial charge in [0.05, 0.1) is 5.71 Å². The van der Waals surface area contributed by atoms with E-state index in [1.807, 2.05) is 35.8 Å². The van der Waals surface area contributed by atoms with Crippen molar-refractivity contribution in [2.24, 2.45) is 5.10 Å². The molecule has 0 aliphatic heterocycles. The van der Waals surface area contributed by atoms with Gasteiger partial charge in [0.1, 0.15) is 0 Å². The highest BCUT2D eigenvalue weighted by molar-refractivity contribution is 5.99. The Bertz CT molecular complexity index is 416. The van der Waals surface area contributed by atoms with Gasteiger partial charge in [-0.25, -0.2) is 20.3 Å². The molecule has 16 heavy (non-hydrogen) atoms. The summed E-state index contributed by atoms with van der Waals surface area (Å²) >= 11 is 0. The topological polar surface area (TPSA) is 96.6 Å². The zero-order valence-corrected chi connectivity index (χ0v) is 8.51. The molecule has 0 fully saturated rings. The van der Waals surface area contributed by atoms with Crippen LogP contribution in [0.5, 0.6) is 0 Å². The first-order chi connectivity index (χ1) is 7.59. The lowest BCUT2D eigenvalue weighted by molar-refractivity contribution is -0.527. The van der Waals surface area contributed by atoms with Gasteiger partial charge in [0.2, 0.25) is 0 Å². The van der Waals surface area contributed by atoms with Crippen molar-refractivity contribution in [1.29, 1.82) is 0 Å². The number of hydrazone groups is 1. The van der Waals surface area contributed by atoms with Gasteiger partial charge in [-0.15, -0.1) is 0 Å². The van der Waals surface area contributed by atoms with Gasteiger partial charge in [-0.1, -0.05) is 30.3 Å². The second-order valence-electron chi connectivity index (χ2n) is 2.87. The molecule has 0 unspecified atom stereocenters. The van der Waals surface area contributed by atoms with E-state index in [9.17, 15) is 14.9 Å². The smallest absolute Gasteiger partial charge is 0.241 e. The minimum Gasteiger partial charge on any atom is -0.241 e. The van der Waals surface area contributed by atoms with Gasteiger partial charge in [-0.05, 0) is 17.9 Å². The molecular formula is C9H10N4O3. The summed E-state index contributed by atoms with van der Waals surface area (Å²) in [7, 11) is 0. The van der Waals surface area contributed by atoms with Gasteiger partial charge < -0.3 is 0 Å². The number of urea groups is 1. The Kier molecular flexibility index (Phi) is 3.96. The number of hydrazine groups is 1. The predicted octanol–water partition coefficient (Wildman–Crippen LogP) is 0.902. The van der Waals surface area contributed by atoms with Gasteiger partial charge in [-0.2, -0.15) is 5.10 Å². The number of nitro groups is 1. The van der Waals surface area contributed by atoms with Crippen LogP contribution in [0.2, 0.25) is 0 Å². The molecule has 0 aliphatic rings. The lowest BCUT2D eigenvalue weighted by atomic mass is 10.1. The Morgan fingerprint density at radius 1 is 1.38 bits per heavy atom. The molecule has 0 bridgehead atoms. The molecule has 7 heteroatoms. The number of hydrogen-bond acceptors (Lipinski definition) is 4. The Labute approximate surface area is 91.3 Å². The van der Waals surface area contributed by atoms with Crippen LogP contribution in [0.15, 0.2) is 35.4 Å². The quantitative estimate of drug-likeness (QED) is 0.451. The molecule has 2 amide bonds. The number of hydrogen-bond donors (Lipinski definition) is 2. The summed E-state index contributed by atoms with van der Waals surface area (Å²) < 4.78 is 0. The number of carbonyl (C=O) groups excluding carboxylic acids is 1.